The molecule has 0 saturated heterocycles. The molecule has 0 radical (unpaired) electrons. The number of fused-ring (bicyclic) bond motifs is 1. The van der Waals surface area contributed by atoms with Crippen LogP contribution in [-0.4, -0.2) is 22.6 Å². The molecule has 0 spiro atoms. The lowest BCUT2D eigenvalue weighted by Crippen LogP contribution is -2.44. The van der Waals surface area contributed by atoms with Crippen LogP contribution in [0, 0.1) is 26.7 Å². The van der Waals surface area contributed by atoms with Gasteiger partial charge in [-0.15, -0.1) is 0 Å². The molecule has 1 N–H and O–H groups in total. The average molecular weight is 320 g/mol. The molecule has 23 heavy (non-hydrogen) atoms. The second kappa shape index (κ2) is 5.87. The lowest BCUT2D eigenvalue weighted by molar-refractivity contribution is -0.155. The summed E-state index contributed by atoms with van der Waals surface area (Å²) in [5.41, 5.74) is 2.20. The molecule has 5 heteroatoms. The van der Waals surface area contributed by atoms with Crippen molar-refractivity contribution in [2.45, 2.75) is 60.0 Å². The van der Waals surface area contributed by atoms with Crippen molar-refractivity contribution in [3.05, 3.63) is 22.3 Å². The van der Waals surface area contributed by atoms with Crippen molar-refractivity contribution in [3.8, 4) is 11.5 Å². The summed E-state index contributed by atoms with van der Waals surface area (Å²) in [5.74, 6) is -0.268. The highest BCUT2D eigenvalue weighted by Crippen LogP contribution is 2.43. The Morgan fingerprint density at radius 3 is 2.30 bits per heavy atom. The highest BCUT2D eigenvalue weighted by Gasteiger charge is 2.41. The maximum absolute atomic E-state index is 12.0. The number of ether oxygens (including phenoxy) is 2. The number of aliphatic carboxylic acids is 1. The zero-order chi connectivity index (χ0) is 17.5. The Hall–Kier alpha value is -2.04. The number of carbonyl (C=O) groups is 2. The number of carboxylic acids is 1. The fourth-order valence-corrected chi connectivity index (χ4v) is 2.76. The van der Waals surface area contributed by atoms with E-state index in [0.29, 0.717) is 24.3 Å². The summed E-state index contributed by atoms with van der Waals surface area (Å²) < 4.78 is 11.4. The van der Waals surface area contributed by atoms with Gasteiger partial charge in [-0.1, -0.05) is 13.8 Å². The minimum absolute atomic E-state index is 0.211. The number of esters is 1. The van der Waals surface area contributed by atoms with Crippen LogP contribution in [0.5, 0.6) is 11.5 Å². The molecule has 1 aliphatic rings. The van der Waals surface area contributed by atoms with Gasteiger partial charge >= 0.3 is 11.9 Å². The van der Waals surface area contributed by atoms with E-state index in [1.807, 2.05) is 20.8 Å². The number of hydrogen-bond donors (Lipinski definition) is 1. The number of rotatable bonds is 3. The van der Waals surface area contributed by atoms with E-state index in [1.54, 1.807) is 20.8 Å². The summed E-state index contributed by atoms with van der Waals surface area (Å²) in [7, 11) is 0. The zero-order valence-electron chi connectivity index (χ0n) is 14.6. The fourth-order valence-electron chi connectivity index (χ4n) is 2.76. The van der Waals surface area contributed by atoms with Crippen LogP contribution in [0.15, 0.2) is 0 Å². The van der Waals surface area contributed by atoms with Crippen molar-refractivity contribution in [3.63, 3.8) is 0 Å². The van der Waals surface area contributed by atoms with Gasteiger partial charge in [-0.3, -0.25) is 4.79 Å². The van der Waals surface area contributed by atoms with Crippen LogP contribution in [0.2, 0.25) is 0 Å². The summed E-state index contributed by atoms with van der Waals surface area (Å²) in [6.07, 6.45) is 0.966. The summed E-state index contributed by atoms with van der Waals surface area (Å²) in [6, 6.07) is 0. The maximum Gasteiger partial charge on any atom is 0.347 e. The molecule has 1 heterocycles. The zero-order valence-corrected chi connectivity index (χ0v) is 14.6. The molecule has 0 amide bonds. The van der Waals surface area contributed by atoms with Gasteiger partial charge in [0.15, 0.2) is 0 Å². The number of carboxylic acid groups (broad SMARTS) is 1. The molecule has 0 bridgehead atoms. The molecule has 5 nitrogen and oxygen atoms in total. The molecule has 1 aliphatic heterocycles. The SMILES string of the molecule is Cc1c(C)c2c(c(C)c1OC(=O)C(C)C)CCC(C)(C(=O)O)O2. The maximum atomic E-state index is 12.0. The first-order chi connectivity index (χ1) is 10.6. The van der Waals surface area contributed by atoms with Gasteiger partial charge in [0.2, 0.25) is 5.60 Å². The highest BCUT2D eigenvalue weighted by atomic mass is 16.5. The summed E-state index contributed by atoms with van der Waals surface area (Å²) >= 11 is 0. The number of carbonyl (C=O) groups excluding carboxylic acids is 1. The van der Waals surface area contributed by atoms with Gasteiger partial charge in [0.1, 0.15) is 11.5 Å². The van der Waals surface area contributed by atoms with Crippen LogP contribution in [0.4, 0.5) is 0 Å². The van der Waals surface area contributed by atoms with E-state index in [1.165, 1.54) is 0 Å². The van der Waals surface area contributed by atoms with Crippen molar-refractivity contribution in [1.29, 1.82) is 0 Å². The Labute approximate surface area is 136 Å². The smallest absolute Gasteiger partial charge is 0.347 e. The molecule has 1 aromatic rings. The molecule has 0 aromatic heterocycles. The minimum atomic E-state index is -1.22. The third-order valence-corrected chi connectivity index (χ3v) is 4.62. The second-order valence-electron chi connectivity index (χ2n) is 6.73. The van der Waals surface area contributed by atoms with Gasteiger partial charge in [-0.05, 0) is 50.8 Å². The summed E-state index contributed by atoms with van der Waals surface area (Å²) in [5, 5.41) is 9.39. The summed E-state index contributed by atoms with van der Waals surface area (Å²) in [4.78, 5) is 23.4. The molecule has 2 rings (SSSR count). The number of hydrogen-bond acceptors (Lipinski definition) is 4. The van der Waals surface area contributed by atoms with Gasteiger partial charge in [-0.2, -0.15) is 0 Å². The Morgan fingerprint density at radius 1 is 1.17 bits per heavy atom. The summed E-state index contributed by atoms with van der Waals surface area (Å²) in [6.45, 7) is 10.8. The van der Waals surface area contributed by atoms with E-state index in [4.69, 9.17) is 9.47 Å². The topological polar surface area (TPSA) is 72.8 Å². The molecule has 0 saturated carbocycles. The van der Waals surface area contributed by atoms with E-state index in [9.17, 15) is 14.7 Å². The molecule has 0 fully saturated rings. The van der Waals surface area contributed by atoms with Gasteiger partial charge in [0.25, 0.3) is 0 Å². The average Bonchev–Trinajstić information content (AvgIpc) is 2.48. The monoisotopic (exact) mass is 320 g/mol. The molecular weight excluding hydrogens is 296 g/mol. The molecule has 126 valence electrons. The first kappa shape index (κ1) is 17.3. The van der Waals surface area contributed by atoms with E-state index >= 15 is 0 Å². The van der Waals surface area contributed by atoms with Crippen LogP contribution >= 0.6 is 0 Å². The molecule has 0 aliphatic carbocycles. The van der Waals surface area contributed by atoms with Crippen molar-refractivity contribution >= 4 is 11.9 Å². The third kappa shape index (κ3) is 2.92. The molecule has 1 atom stereocenters. The van der Waals surface area contributed by atoms with E-state index < -0.39 is 11.6 Å². The van der Waals surface area contributed by atoms with Gasteiger partial charge in [0, 0.05) is 12.0 Å². The van der Waals surface area contributed by atoms with E-state index in [2.05, 4.69) is 0 Å². The van der Waals surface area contributed by atoms with Gasteiger partial charge in [-0.25, -0.2) is 4.79 Å². The van der Waals surface area contributed by atoms with Crippen molar-refractivity contribution in [2.75, 3.05) is 0 Å². The van der Waals surface area contributed by atoms with Crippen LogP contribution in [0.25, 0.3) is 0 Å². The number of benzene rings is 1. The first-order valence-corrected chi connectivity index (χ1v) is 7.85. The van der Waals surface area contributed by atoms with E-state index in [0.717, 1.165) is 22.3 Å². The highest BCUT2D eigenvalue weighted by molar-refractivity contribution is 5.79. The second-order valence-corrected chi connectivity index (χ2v) is 6.73. The Morgan fingerprint density at radius 2 is 1.78 bits per heavy atom. The van der Waals surface area contributed by atoms with Crippen molar-refractivity contribution < 1.29 is 24.2 Å². The minimum Gasteiger partial charge on any atom is -0.478 e. The van der Waals surface area contributed by atoms with Crippen LogP contribution < -0.4 is 9.47 Å². The Kier molecular flexibility index (Phi) is 4.42. The van der Waals surface area contributed by atoms with Crippen molar-refractivity contribution in [1.82, 2.24) is 0 Å². The predicted molar refractivity (Wildman–Crippen MR) is 86.1 cm³/mol. The first-order valence-electron chi connectivity index (χ1n) is 7.85. The molecular formula is C18H24O5. The van der Waals surface area contributed by atoms with E-state index in [-0.39, 0.29) is 11.9 Å². The molecule has 1 aromatic carbocycles. The normalized spacial score (nSPS) is 20.0. The van der Waals surface area contributed by atoms with Crippen LogP contribution in [-0.2, 0) is 16.0 Å². The third-order valence-electron chi connectivity index (χ3n) is 4.62. The molecule has 1 unspecified atom stereocenters. The Bertz CT molecular complexity index is 675. The quantitative estimate of drug-likeness (QED) is 0.683. The predicted octanol–water partition coefficient (Wildman–Crippen LogP) is 3.34. The van der Waals surface area contributed by atoms with Crippen LogP contribution in [0.1, 0.15) is 49.4 Å². The van der Waals surface area contributed by atoms with Crippen LogP contribution in [0.3, 0.4) is 0 Å². The standard InChI is InChI=1S/C18H24O5/c1-9(2)16(19)22-14-10(3)11(4)15-13(12(14)5)7-8-18(6,23-15)17(20)21/h9H,7-8H2,1-6H3,(H,20,21). The largest absolute Gasteiger partial charge is 0.478 e. The van der Waals surface area contributed by atoms with Crippen molar-refractivity contribution in [2.24, 2.45) is 5.92 Å². The Balaban J connectivity index is 2.52. The fraction of sp³-hybridized carbons (Fsp3) is 0.556. The van der Waals surface area contributed by atoms with Gasteiger partial charge in [0.05, 0.1) is 5.92 Å². The lowest BCUT2D eigenvalue weighted by Gasteiger charge is -2.35. The lowest BCUT2D eigenvalue weighted by atomic mass is 9.87. The van der Waals surface area contributed by atoms with Gasteiger partial charge < -0.3 is 14.6 Å².